The van der Waals surface area contributed by atoms with Crippen LogP contribution in [0.3, 0.4) is 0 Å². The largest absolute Gasteiger partial charge is 0.483 e. The summed E-state index contributed by atoms with van der Waals surface area (Å²) in [7, 11) is 0. The van der Waals surface area contributed by atoms with E-state index in [9.17, 15) is 4.79 Å². The number of halogens is 1. The van der Waals surface area contributed by atoms with E-state index in [1.807, 2.05) is 19.9 Å². The van der Waals surface area contributed by atoms with Gasteiger partial charge in [-0.1, -0.05) is 11.6 Å². The summed E-state index contributed by atoms with van der Waals surface area (Å²) in [5.41, 5.74) is 2.14. The van der Waals surface area contributed by atoms with E-state index in [2.05, 4.69) is 15.3 Å². The fraction of sp³-hybridized carbons (Fsp3) is 0.412. The molecule has 1 fully saturated rings. The Labute approximate surface area is 140 Å². The van der Waals surface area contributed by atoms with E-state index in [0.29, 0.717) is 22.5 Å². The quantitative estimate of drug-likeness (QED) is 0.874. The van der Waals surface area contributed by atoms with E-state index < -0.39 is 0 Å². The summed E-state index contributed by atoms with van der Waals surface area (Å²) in [6.45, 7) is 3.80. The van der Waals surface area contributed by atoms with Crippen molar-refractivity contribution in [2.45, 2.75) is 45.3 Å². The van der Waals surface area contributed by atoms with Crippen LogP contribution in [0.15, 0.2) is 24.4 Å². The SMILES string of the molecule is Cc1[nH]c(C(=O)NC2CCC2)cc1OC(C)c1ccc(Cl)cn1. The molecule has 6 heteroatoms. The molecular formula is C17H20ClN3O2. The third-order valence-corrected chi connectivity index (χ3v) is 4.35. The minimum Gasteiger partial charge on any atom is -0.483 e. The van der Waals surface area contributed by atoms with E-state index >= 15 is 0 Å². The number of ether oxygens (including phenoxy) is 1. The molecule has 122 valence electrons. The molecule has 0 aromatic carbocycles. The zero-order chi connectivity index (χ0) is 16.4. The number of nitrogens with zero attached hydrogens (tertiary/aromatic N) is 1. The number of aryl methyl sites for hydroxylation is 1. The molecule has 23 heavy (non-hydrogen) atoms. The average molecular weight is 334 g/mol. The first-order valence-corrected chi connectivity index (χ1v) is 8.19. The molecule has 0 aliphatic heterocycles. The summed E-state index contributed by atoms with van der Waals surface area (Å²) in [5.74, 6) is 0.581. The number of hydrogen-bond acceptors (Lipinski definition) is 3. The standard InChI is InChI=1S/C17H20ClN3O2/c1-10-16(23-11(2)14-7-6-12(18)9-19-14)8-15(20-10)17(22)21-13-4-3-5-13/h6-9,11,13,20H,3-5H2,1-2H3,(H,21,22). The lowest BCUT2D eigenvalue weighted by Crippen LogP contribution is -2.39. The van der Waals surface area contributed by atoms with Crippen LogP contribution in [-0.4, -0.2) is 21.9 Å². The monoisotopic (exact) mass is 333 g/mol. The molecule has 1 unspecified atom stereocenters. The van der Waals surface area contributed by atoms with Crippen LogP contribution in [0.25, 0.3) is 0 Å². The second-order valence-corrected chi connectivity index (χ2v) is 6.37. The number of carbonyl (C=O) groups excluding carboxylic acids is 1. The van der Waals surface area contributed by atoms with Crippen LogP contribution in [0.5, 0.6) is 5.75 Å². The lowest BCUT2D eigenvalue weighted by atomic mass is 9.93. The van der Waals surface area contributed by atoms with Crippen molar-refractivity contribution < 1.29 is 9.53 Å². The second-order valence-electron chi connectivity index (χ2n) is 5.93. The van der Waals surface area contributed by atoms with Crippen LogP contribution in [0.4, 0.5) is 0 Å². The van der Waals surface area contributed by atoms with E-state index in [1.54, 1.807) is 18.3 Å². The number of amides is 1. The number of H-pyrrole nitrogens is 1. The van der Waals surface area contributed by atoms with Gasteiger partial charge < -0.3 is 15.0 Å². The summed E-state index contributed by atoms with van der Waals surface area (Å²) < 4.78 is 5.93. The number of carbonyl (C=O) groups is 1. The molecule has 0 spiro atoms. The number of hydrogen-bond donors (Lipinski definition) is 2. The van der Waals surface area contributed by atoms with Crippen molar-refractivity contribution in [2.24, 2.45) is 0 Å². The van der Waals surface area contributed by atoms with Gasteiger partial charge in [-0.3, -0.25) is 9.78 Å². The molecule has 0 radical (unpaired) electrons. The summed E-state index contributed by atoms with van der Waals surface area (Å²) >= 11 is 5.85. The molecule has 5 nitrogen and oxygen atoms in total. The smallest absolute Gasteiger partial charge is 0.268 e. The lowest BCUT2D eigenvalue weighted by molar-refractivity contribution is 0.0912. The minimum atomic E-state index is -0.232. The first-order valence-electron chi connectivity index (χ1n) is 7.81. The van der Waals surface area contributed by atoms with Crippen LogP contribution < -0.4 is 10.1 Å². The molecule has 1 aliphatic rings. The second kappa shape index (κ2) is 6.62. The van der Waals surface area contributed by atoms with E-state index in [4.69, 9.17) is 16.3 Å². The zero-order valence-electron chi connectivity index (χ0n) is 13.2. The van der Waals surface area contributed by atoms with Crippen molar-refractivity contribution >= 4 is 17.5 Å². The molecule has 0 bridgehead atoms. The highest BCUT2D eigenvalue weighted by atomic mass is 35.5. The van der Waals surface area contributed by atoms with Crippen molar-refractivity contribution in [1.82, 2.24) is 15.3 Å². The van der Waals surface area contributed by atoms with Gasteiger partial charge in [-0.2, -0.15) is 0 Å². The maximum absolute atomic E-state index is 12.2. The van der Waals surface area contributed by atoms with Crippen molar-refractivity contribution in [3.8, 4) is 5.75 Å². The van der Waals surface area contributed by atoms with Crippen LogP contribution in [0.1, 0.15) is 54.2 Å². The van der Waals surface area contributed by atoms with Gasteiger partial charge in [0.2, 0.25) is 0 Å². The Morgan fingerprint density at radius 3 is 2.87 bits per heavy atom. The molecule has 2 heterocycles. The van der Waals surface area contributed by atoms with E-state index in [1.165, 1.54) is 6.42 Å². The minimum absolute atomic E-state index is 0.0788. The van der Waals surface area contributed by atoms with E-state index in [-0.39, 0.29) is 12.0 Å². The Bertz CT molecular complexity index is 692. The molecular weight excluding hydrogens is 314 g/mol. The highest BCUT2D eigenvalue weighted by Crippen LogP contribution is 2.26. The van der Waals surface area contributed by atoms with Crippen LogP contribution in [0, 0.1) is 6.92 Å². The molecule has 2 N–H and O–H groups in total. The van der Waals surface area contributed by atoms with Crippen LogP contribution >= 0.6 is 11.6 Å². The predicted molar refractivity (Wildman–Crippen MR) is 88.9 cm³/mol. The topological polar surface area (TPSA) is 67.0 Å². The van der Waals surface area contributed by atoms with Gasteiger partial charge in [0, 0.05) is 18.3 Å². The summed E-state index contributed by atoms with van der Waals surface area (Å²) in [4.78, 5) is 19.5. The molecule has 2 aromatic heterocycles. The lowest BCUT2D eigenvalue weighted by Gasteiger charge is -2.25. The molecule has 3 rings (SSSR count). The van der Waals surface area contributed by atoms with Gasteiger partial charge in [0.25, 0.3) is 5.91 Å². The van der Waals surface area contributed by atoms with Crippen molar-refractivity contribution in [1.29, 1.82) is 0 Å². The molecule has 1 atom stereocenters. The first-order chi connectivity index (χ1) is 11.0. The predicted octanol–water partition coefficient (Wildman–Crippen LogP) is 3.79. The summed E-state index contributed by atoms with van der Waals surface area (Å²) in [6.07, 6.45) is 4.68. The summed E-state index contributed by atoms with van der Waals surface area (Å²) in [5, 5.41) is 3.60. The van der Waals surface area contributed by atoms with E-state index in [0.717, 1.165) is 24.2 Å². The molecule has 1 saturated carbocycles. The van der Waals surface area contributed by atoms with Gasteiger partial charge in [0.15, 0.2) is 0 Å². The van der Waals surface area contributed by atoms with Gasteiger partial charge in [-0.25, -0.2) is 0 Å². The molecule has 1 aliphatic carbocycles. The van der Waals surface area contributed by atoms with Crippen molar-refractivity contribution in [3.63, 3.8) is 0 Å². The van der Waals surface area contributed by atoms with Crippen LogP contribution in [0.2, 0.25) is 5.02 Å². The Hall–Kier alpha value is -2.01. The highest BCUT2D eigenvalue weighted by Gasteiger charge is 2.22. The van der Waals surface area contributed by atoms with Gasteiger partial charge in [-0.15, -0.1) is 0 Å². The number of nitrogens with one attached hydrogen (secondary N) is 2. The normalized spacial score (nSPS) is 15.8. The van der Waals surface area contributed by atoms with Gasteiger partial charge >= 0.3 is 0 Å². The third kappa shape index (κ3) is 3.67. The third-order valence-electron chi connectivity index (χ3n) is 4.12. The number of aromatic nitrogens is 2. The number of aromatic amines is 1. The van der Waals surface area contributed by atoms with Gasteiger partial charge in [0.05, 0.1) is 16.4 Å². The Balaban J connectivity index is 1.67. The average Bonchev–Trinajstić information content (AvgIpc) is 2.84. The molecule has 0 saturated heterocycles. The highest BCUT2D eigenvalue weighted by molar-refractivity contribution is 6.30. The fourth-order valence-corrected chi connectivity index (χ4v) is 2.59. The Morgan fingerprint density at radius 2 is 2.26 bits per heavy atom. The molecule has 1 amide bonds. The van der Waals surface area contributed by atoms with Crippen molar-refractivity contribution in [3.05, 3.63) is 46.5 Å². The number of rotatable bonds is 5. The molecule has 2 aromatic rings. The van der Waals surface area contributed by atoms with Crippen LogP contribution in [-0.2, 0) is 0 Å². The zero-order valence-corrected chi connectivity index (χ0v) is 14.0. The van der Waals surface area contributed by atoms with Crippen molar-refractivity contribution in [2.75, 3.05) is 0 Å². The first kappa shape index (κ1) is 15.9. The van der Waals surface area contributed by atoms with Gasteiger partial charge in [0.1, 0.15) is 17.5 Å². The maximum Gasteiger partial charge on any atom is 0.268 e. The Kier molecular flexibility index (Phi) is 4.57. The van der Waals surface area contributed by atoms with Gasteiger partial charge in [-0.05, 0) is 45.2 Å². The Morgan fingerprint density at radius 1 is 1.48 bits per heavy atom. The maximum atomic E-state index is 12.2. The number of pyridine rings is 1. The fourth-order valence-electron chi connectivity index (χ4n) is 2.48. The summed E-state index contributed by atoms with van der Waals surface area (Å²) in [6, 6.07) is 5.67.